The molecule has 1 atom stereocenters. The molecular weight excluding hydrogens is 400 g/mol. The first kappa shape index (κ1) is 21.3. The van der Waals surface area contributed by atoms with E-state index in [0.717, 1.165) is 5.56 Å². The summed E-state index contributed by atoms with van der Waals surface area (Å²) in [4.78, 5) is 29.5. The van der Waals surface area contributed by atoms with Crippen LogP contribution in [0.25, 0.3) is 12.7 Å². The van der Waals surface area contributed by atoms with Gasteiger partial charge >= 0.3 is 5.97 Å². The van der Waals surface area contributed by atoms with Gasteiger partial charge in [-0.05, 0) is 55.3 Å². The standard InChI is InChI=1S/C23H22N2O4S/c1-14(2)20(23(27)28)21(17-5-7-18(29-4)8-6-17)25-15(3)30-19(22(25)26)13-16-9-11-24-12-10-16/h5-13,21H,3H2,1-2,4H3,(H,27,28)/b19-13+. The van der Waals surface area contributed by atoms with Crippen LogP contribution in [0.3, 0.4) is 0 Å². The highest BCUT2D eigenvalue weighted by atomic mass is 32.1. The van der Waals surface area contributed by atoms with Crippen molar-refractivity contribution in [3.63, 3.8) is 0 Å². The molecular formula is C23H22N2O4S. The molecule has 0 aliphatic carbocycles. The van der Waals surface area contributed by atoms with Crippen molar-refractivity contribution < 1.29 is 14.6 Å². The summed E-state index contributed by atoms with van der Waals surface area (Å²) >= 11 is 1.23. The number of carboxylic acids is 1. The Kier molecular flexibility index (Phi) is 6.32. The fourth-order valence-electron chi connectivity index (χ4n) is 3.25. The molecule has 0 amide bonds. The normalized spacial score (nSPS) is 12.4. The first-order valence-corrected chi connectivity index (χ1v) is 10.0. The van der Waals surface area contributed by atoms with Gasteiger partial charge in [0, 0.05) is 12.4 Å². The fourth-order valence-corrected chi connectivity index (χ4v) is 4.17. The SMILES string of the molecule is C=c1s/c(=C/c2ccncc2)c(=O)n1C(C(C(=O)O)=C(C)C)c1ccc(OC)cc1. The lowest BCUT2D eigenvalue weighted by Gasteiger charge is -2.21. The van der Waals surface area contributed by atoms with E-state index in [2.05, 4.69) is 11.6 Å². The van der Waals surface area contributed by atoms with Gasteiger partial charge in [-0.3, -0.25) is 14.3 Å². The van der Waals surface area contributed by atoms with Gasteiger partial charge in [0.25, 0.3) is 5.56 Å². The Morgan fingerprint density at radius 1 is 1.20 bits per heavy atom. The molecule has 0 saturated carbocycles. The Balaban J connectivity index is 2.28. The Bertz CT molecular complexity index is 1250. The van der Waals surface area contributed by atoms with Crippen molar-refractivity contribution in [2.45, 2.75) is 19.9 Å². The van der Waals surface area contributed by atoms with E-state index in [1.54, 1.807) is 75.8 Å². The van der Waals surface area contributed by atoms with Gasteiger partial charge in [0.15, 0.2) is 0 Å². The maximum Gasteiger partial charge on any atom is 0.333 e. The molecule has 6 nitrogen and oxygen atoms in total. The lowest BCUT2D eigenvalue weighted by atomic mass is 9.95. The number of hydrogen-bond donors (Lipinski definition) is 1. The molecule has 1 unspecified atom stereocenters. The van der Waals surface area contributed by atoms with Crippen LogP contribution in [0.15, 0.2) is 64.7 Å². The zero-order valence-electron chi connectivity index (χ0n) is 17.0. The predicted molar refractivity (Wildman–Crippen MR) is 118 cm³/mol. The molecule has 3 rings (SSSR count). The minimum absolute atomic E-state index is 0.139. The molecule has 0 saturated heterocycles. The Morgan fingerprint density at radius 3 is 2.37 bits per heavy atom. The highest BCUT2D eigenvalue weighted by Gasteiger charge is 2.28. The van der Waals surface area contributed by atoms with Crippen LogP contribution in [0.4, 0.5) is 0 Å². The van der Waals surface area contributed by atoms with Crippen LogP contribution >= 0.6 is 11.3 Å². The van der Waals surface area contributed by atoms with E-state index in [0.29, 0.717) is 26.1 Å². The second kappa shape index (κ2) is 8.92. The summed E-state index contributed by atoms with van der Waals surface area (Å²) in [6.45, 7) is 7.49. The number of methoxy groups -OCH3 is 1. The van der Waals surface area contributed by atoms with Crippen molar-refractivity contribution in [1.29, 1.82) is 0 Å². The summed E-state index contributed by atoms with van der Waals surface area (Å²) in [6.07, 6.45) is 5.05. The first-order valence-electron chi connectivity index (χ1n) is 9.20. The quantitative estimate of drug-likeness (QED) is 0.618. The van der Waals surface area contributed by atoms with Crippen LogP contribution in [-0.4, -0.2) is 27.7 Å². The van der Waals surface area contributed by atoms with E-state index in [-0.39, 0.29) is 11.1 Å². The topological polar surface area (TPSA) is 81.4 Å². The monoisotopic (exact) mass is 422 g/mol. The fraction of sp³-hybridized carbons (Fsp3) is 0.174. The van der Waals surface area contributed by atoms with Crippen LogP contribution < -0.4 is 19.5 Å². The van der Waals surface area contributed by atoms with Gasteiger partial charge in [-0.1, -0.05) is 24.3 Å². The summed E-state index contributed by atoms with van der Waals surface area (Å²) in [5, 5.41) is 9.93. The van der Waals surface area contributed by atoms with Crippen molar-refractivity contribution in [2.24, 2.45) is 0 Å². The molecule has 30 heavy (non-hydrogen) atoms. The number of carboxylic acid groups (broad SMARTS) is 1. The van der Waals surface area contributed by atoms with Crippen molar-refractivity contribution in [3.05, 3.63) is 90.6 Å². The van der Waals surface area contributed by atoms with Gasteiger partial charge in [0.1, 0.15) is 5.75 Å². The van der Waals surface area contributed by atoms with Crippen LogP contribution in [0.2, 0.25) is 0 Å². The number of allylic oxidation sites excluding steroid dienone is 1. The summed E-state index contributed by atoms with van der Waals surface area (Å²) in [5.41, 5.74) is 1.95. The third-order valence-electron chi connectivity index (χ3n) is 4.66. The second-order valence-electron chi connectivity index (χ2n) is 6.85. The maximum absolute atomic E-state index is 13.3. The van der Waals surface area contributed by atoms with E-state index < -0.39 is 12.0 Å². The molecule has 0 aliphatic heterocycles. The molecule has 0 fully saturated rings. The number of aliphatic carboxylic acids is 1. The molecule has 3 aromatic rings. The number of thiazole rings is 1. The first-order chi connectivity index (χ1) is 14.3. The minimum Gasteiger partial charge on any atom is -0.497 e. The van der Waals surface area contributed by atoms with Crippen LogP contribution in [-0.2, 0) is 4.79 Å². The largest absolute Gasteiger partial charge is 0.497 e. The van der Waals surface area contributed by atoms with Crippen LogP contribution in [0, 0.1) is 0 Å². The minimum atomic E-state index is -1.08. The molecule has 2 heterocycles. The number of ether oxygens (including phenoxy) is 1. The molecule has 2 aromatic heterocycles. The van der Waals surface area contributed by atoms with Crippen molar-refractivity contribution in [2.75, 3.05) is 7.11 Å². The van der Waals surface area contributed by atoms with Crippen molar-refractivity contribution in [3.8, 4) is 5.75 Å². The third kappa shape index (κ3) is 4.26. The Morgan fingerprint density at radius 2 is 1.83 bits per heavy atom. The number of rotatable bonds is 6. The average molecular weight is 423 g/mol. The number of hydrogen-bond acceptors (Lipinski definition) is 5. The number of aromatic nitrogens is 2. The summed E-state index contributed by atoms with van der Waals surface area (Å²) in [6, 6.07) is 9.82. The Hall–Kier alpha value is -3.45. The van der Waals surface area contributed by atoms with E-state index in [1.165, 1.54) is 15.9 Å². The zero-order valence-corrected chi connectivity index (χ0v) is 17.8. The maximum atomic E-state index is 13.3. The number of nitrogens with zero attached hydrogens (tertiary/aromatic N) is 2. The van der Waals surface area contributed by atoms with Crippen LogP contribution in [0.1, 0.15) is 31.0 Å². The summed E-state index contributed by atoms with van der Waals surface area (Å²) < 4.78 is 7.61. The molecule has 0 radical (unpaired) electrons. The van der Waals surface area contributed by atoms with Gasteiger partial charge in [0.2, 0.25) is 0 Å². The van der Waals surface area contributed by atoms with Gasteiger partial charge in [-0.2, -0.15) is 0 Å². The average Bonchev–Trinajstić information content (AvgIpc) is 2.99. The second-order valence-corrected chi connectivity index (χ2v) is 7.97. The lowest BCUT2D eigenvalue weighted by molar-refractivity contribution is -0.133. The Labute approximate surface area is 177 Å². The van der Waals surface area contributed by atoms with Crippen LogP contribution in [0.5, 0.6) is 5.75 Å². The molecule has 0 aliphatic rings. The van der Waals surface area contributed by atoms with E-state index in [9.17, 15) is 14.7 Å². The van der Waals surface area contributed by atoms with Gasteiger partial charge < -0.3 is 9.84 Å². The molecule has 7 heteroatoms. The van der Waals surface area contributed by atoms with Gasteiger partial charge in [-0.25, -0.2) is 4.79 Å². The molecule has 1 N–H and O–H groups in total. The highest BCUT2D eigenvalue weighted by molar-refractivity contribution is 7.07. The summed E-state index contributed by atoms with van der Waals surface area (Å²) in [7, 11) is 1.56. The molecule has 0 bridgehead atoms. The van der Waals surface area contributed by atoms with Crippen molar-refractivity contribution in [1.82, 2.24) is 9.55 Å². The predicted octanol–water partition coefficient (Wildman–Crippen LogP) is 2.56. The number of carbonyl (C=O) groups is 1. The van der Waals surface area contributed by atoms with Gasteiger partial charge in [0.05, 0.1) is 27.9 Å². The number of pyridine rings is 1. The van der Waals surface area contributed by atoms with Gasteiger partial charge in [-0.15, -0.1) is 11.3 Å². The highest BCUT2D eigenvalue weighted by Crippen LogP contribution is 2.28. The smallest absolute Gasteiger partial charge is 0.333 e. The van der Waals surface area contributed by atoms with Crippen molar-refractivity contribution >= 4 is 30.0 Å². The third-order valence-corrected chi connectivity index (χ3v) is 5.61. The summed E-state index contributed by atoms with van der Waals surface area (Å²) in [5.74, 6) is -0.432. The molecule has 154 valence electrons. The van der Waals surface area contributed by atoms with E-state index in [1.807, 2.05) is 0 Å². The lowest BCUT2D eigenvalue weighted by Crippen LogP contribution is -2.37. The van der Waals surface area contributed by atoms with E-state index in [4.69, 9.17) is 4.74 Å². The number of benzene rings is 1. The molecule has 0 spiro atoms. The molecule has 1 aromatic carbocycles. The zero-order chi connectivity index (χ0) is 21.8. The van der Waals surface area contributed by atoms with E-state index >= 15 is 0 Å².